The van der Waals surface area contributed by atoms with Gasteiger partial charge in [-0.2, -0.15) is 0 Å². The zero-order valence-corrected chi connectivity index (χ0v) is 15.1. The van der Waals surface area contributed by atoms with Crippen molar-refractivity contribution in [2.75, 3.05) is 0 Å². The smallest absolute Gasteiger partial charge is 0.358 e. The van der Waals surface area contributed by atoms with Gasteiger partial charge in [-0.15, -0.1) is 11.3 Å². The number of thiazole rings is 1. The highest BCUT2D eigenvalue weighted by Crippen LogP contribution is 2.24. The van der Waals surface area contributed by atoms with Crippen molar-refractivity contribution in [3.8, 4) is 10.6 Å². The van der Waals surface area contributed by atoms with Gasteiger partial charge in [-0.05, 0) is 19.8 Å². The van der Waals surface area contributed by atoms with Gasteiger partial charge in [-0.3, -0.25) is 4.79 Å². The Morgan fingerprint density at radius 1 is 1.20 bits per heavy atom. The molecule has 2 aromatic rings. The van der Waals surface area contributed by atoms with Gasteiger partial charge in [0.25, 0.3) is 5.91 Å². The summed E-state index contributed by atoms with van der Waals surface area (Å²) < 4.78 is 5.28. The average molecular weight is 358 g/mol. The monoisotopic (exact) mass is 358 g/mol. The molecular weight excluding hydrogens is 336 g/mol. The lowest BCUT2D eigenvalue weighted by Gasteiger charge is -2.24. The molecule has 1 aromatic carbocycles. The Morgan fingerprint density at radius 3 is 2.64 bits per heavy atom. The topological polar surface area (TPSA) is 68.3 Å². The molecule has 1 aromatic heterocycles. The molecular formula is C19H22N2O3S. The van der Waals surface area contributed by atoms with Crippen molar-refractivity contribution in [3.63, 3.8) is 0 Å². The molecule has 5 nitrogen and oxygen atoms in total. The van der Waals surface area contributed by atoms with Gasteiger partial charge in [0.2, 0.25) is 0 Å². The number of hydrogen-bond donors (Lipinski definition) is 1. The van der Waals surface area contributed by atoms with E-state index in [0.29, 0.717) is 0 Å². The summed E-state index contributed by atoms with van der Waals surface area (Å²) in [5, 5.41) is 5.39. The van der Waals surface area contributed by atoms with Crippen molar-refractivity contribution >= 4 is 23.2 Å². The molecule has 6 heteroatoms. The molecule has 3 rings (SSSR count). The minimum atomic E-state index is -0.823. The van der Waals surface area contributed by atoms with E-state index < -0.39 is 12.1 Å². The molecule has 1 aliphatic rings. The summed E-state index contributed by atoms with van der Waals surface area (Å²) in [5.41, 5.74) is 1.19. The maximum Gasteiger partial charge on any atom is 0.358 e. The number of amides is 1. The largest absolute Gasteiger partial charge is 0.448 e. The lowest BCUT2D eigenvalue weighted by atomic mass is 9.95. The van der Waals surface area contributed by atoms with Crippen LogP contribution in [0.3, 0.4) is 0 Å². The molecule has 1 saturated carbocycles. The molecule has 1 atom stereocenters. The molecule has 1 fully saturated rings. The van der Waals surface area contributed by atoms with Crippen molar-refractivity contribution in [3.05, 3.63) is 41.4 Å². The van der Waals surface area contributed by atoms with Crippen LogP contribution in [0.25, 0.3) is 10.6 Å². The highest BCUT2D eigenvalue weighted by atomic mass is 32.1. The molecule has 0 unspecified atom stereocenters. The normalized spacial score (nSPS) is 16.2. The second-order valence-corrected chi connectivity index (χ2v) is 7.15. The van der Waals surface area contributed by atoms with Crippen LogP contribution in [0.4, 0.5) is 0 Å². The lowest BCUT2D eigenvalue weighted by molar-refractivity contribution is -0.130. The predicted octanol–water partition coefficient (Wildman–Crippen LogP) is 3.80. The number of ether oxygens (including phenoxy) is 1. The molecule has 0 radical (unpaired) electrons. The highest BCUT2D eigenvalue weighted by Gasteiger charge is 2.24. The number of nitrogens with zero attached hydrogens (tertiary/aromatic N) is 1. The number of aromatic nitrogens is 1. The Balaban J connectivity index is 1.56. The standard InChI is InChI=1S/C19H22N2O3S/c1-13(17(22)20-15-10-6-3-7-11-15)24-19(23)16-12-25-18(21-16)14-8-4-2-5-9-14/h2,4-5,8-9,12-13,15H,3,6-7,10-11H2,1H3,(H,20,22)/t13-/m0/s1. The summed E-state index contributed by atoms with van der Waals surface area (Å²) in [6, 6.07) is 9.85. The number of benzene rings is 1. The maximum atomic E-state index is 12.2. The van der Waals surface area contributed by atoms with E-state index in [0.717, 1.165) is 36.3 Å². The molecule has 0 saturated heterocycles. The summed E-state index contributed by atoms with van der Waals surface area (Å²) in [6.45, 7) is 1.60. The fourth-order valence-electron chi connectivity index (χ4n) is 2.92. The summed E-state index contributed by atoms with van der Waals surface area (Å²) in [7, 11) is 0. The number of esters is 1. The van der Waals surface area contributed by atoms with Crippen molar-refractivity contribution in [2.45, 2.75) is 51.2 Å². The van der Waals surface area contributed by atoms with E-state index in [-0.39, 0.29) is 17.6 Å². The Morgan fingerprint density at radius 2 is 1.92 bits per heavy atom. The summed E-state index contributed by atoms with van der Waals surface area (Å²) in [5.74, 6) is -0.802. The zero-order valence-electron chi connectivity index (χ0n) is 14.2. The number of carbonyl (C=O) groups is 2. The second-order valence-electron chi connectivity index (χ2n) is 6.29. The molecule has 1 N–H and O–H groups in total. The summed E-state index contributed by atoms with van der Waals surface area (Å²) in [6.07, 6.45) is 4.68. The number of carbonyl (C=O) groups excluding carboxylic acids is 2. The van der Waals surface area contributed by atoms with Crippen LogP contribution in [0.2, 0.25) is 0 Å². The van der Waals surface area contributed by atoms with E-state index in [2.05, 4.69) is 10.3 Å². The summed E-state index contributed by atoms with van der Waals surface area (Å²) >= 11 is 1.38. The Bertz CT molecular complexity index is 723. The molecule has 1 heterocycles. The average Bonchev–Trinajstić information content (AvgIpc) is 3.13. The van der Waals surface area contributed by atoms with Crippen LogP contribution in [0.15, 0.2) is 35.7 Å². The zero-order chi connectivity index (χ0) is 17.6. The van der Waals surface area contributed by atoms with Crippen molar-refractivity contribution in [1.82, 2.24) is 10.3 Å². The van der Waals surface area contributed by atoms with Gasteiger partial charge in [0.1, 0.15) is 5.01 Å². The van der Waals surface area contributed by atoms with E-state index >= 15 is 0 Å². The van der Waals surface area contributed by atoms with Crippen molar-refractivity contribution < 1.29 is 14.3 Å². The Labute approximate surface area is 151 Å². The summed E-state index contributed by atoms with van der Waals surface area (Å²) in [4.78, 5) is 28.8. The number of rotatable bonds is 5. The van der Waals surface area contributed by atoms with Crippen molar-refractivity contribution in [1.29, 1.82) is 0 Å². The van der Waals surface area contributed by atoms with E-state index in [1.165, 1.54) is 17.8 Å². The molecule has 1 aliphatic carbocycles. The molecule has 0 bridgehead atoms. The molecule has 0 aliphatic heterocycles. The first-order valence-corrected chi connectivity index (χ1v) is 9.54. The van der Waals surface area contributed by atoms with Crippen LogP contribution in [-0.4, -0.2) is 29.0 Å². The van der Waals surface area contributed by atoms with Gasteiger partial charge in [-0.25, -0.2) is 9.78 Å². The number of hydrogen-bond acceptors (Lipinski definition) is 5. The van der Waals surface area contributed by atoms with Crippen LogP contribution in [0.1, 0.15) is 49.5 Å². The second kappa shape index (κ2) is 8.25. The molecule has 132 valence electrons. The number of nitrogens with one attached hydrogen (secondary N) is 1. The molecule has 1 amide bonds. The lowest BCUT2D eigenvalue weighted by Crippen LogP contribution is -2.42. The molecule has 0 spiro atoms. The van der Waals surface area contributed by atoms with E-state index in [9.17, 15) is 9.59 Å². The maximum absolute atomic E-state index is 12.2. The highest BCUT2D eigenvalue weighted by molar-refractivity contribution is 7.13. The van der Waals surface area contributed by atoms with Gasteiger partial charge in [-0.1, -0.05) is 49.6 Å². The minimum Gasteiger partial charge on any atom is -0.448 e. The van der Waals surface area contributed by atoms with Crippen molar-refractivity contribution in [2.24, 2.45) is 0 Å². The van der Waals surface area contributed by atoms with E-state index in [1.54, 1.807) is 12.3 Å². The van der Waals surface area contributed by atoms with Crippen LogP contribution < -0.4 is 5.32 Å². The third-order valence-electron chi connectivity index (χ3n) is 4.34. The first-order valence-electron chi connectivity index (χ1n) is 8.66. The third-order valence-corrected chi connectivity index (χ3v) is 5.23. The first-order chi connectivity index (χ1) is 12.1. The van der Waals surface area contributed by atoms with Crippen LogP contribution >= 0.6 is 11.3 Å². The van der Waals surface area contributed by atoms with Crippen LogP contribution in [0.5, 0.6) is 0 Å². The first kappa shape index (κ1) is 17.6. The Kier molecular flexibility index (Phi) is 5.81. The van der Waals surface area contributed by atoms with Gasteiger partial charge in [0.05, 0.1) is 0 Å². The van der Waals surface area contributed by atoms with E-state index in [1.807, 2.05) is 30.3 Å². The molecule has 25 heavy (non-hydrogen) atoms. The predicted molar refractivity (Wildman–Crippen MR) is 97.4 cm³/mol. The van der Waals surface area contributed by atoms with Gasteiger partial charge < -0.3 is 10.1 Å². The van der Waals surface area contributed by atoms with Gasteiger partial charge in [0.15, 0.2) is 11.8 Å². The Hall–Kier alpha value is -2.21. The van der Waals surface area contributed by atoms with Gasteiger partial charge >= 0.3 is 5.97 Å². The quantitative estimate of drug-likeness (QED) is 0.826. The SMILES string of the molecule is C[C@H](OC(=O)c1csc(-c2ccccc2)n1)C(=O)NC1CCCCC1. The van der Waals surface area contributed by atoms with Gasteiger partial charge in [0, 0.05) is 17.0 Å². The minimum absolute atomic E-state index is 0.200. The fraction of sp³-hybridized carbons (Fsp3) is 0.421. The fourth-order valence-corrected chi connectivity index (χ4v) is 3.72. The van der Waals surface area contributed by atoms with Crippen LogP contribution in [0, 0.1) is 0 Å². The van der Waals surface area contributed by atoms with E-state index in [4.69, 9.17) is 4.74 Å². The van der Waals surface area contributed by atoms with Crippen LogP contribution in [-0.2, 0) is 9.53 Å². The third kappa shape index (κ3) is 4.66.